The molecule has 2 N–H and O–H groups in total. The molecule has 2 aliphatic rings. The van der Waals surface area contributed by atoms with Gasteiger partial charge in [-0.1, -0.05) is 38.1 Å². The zero-order valence-electron chi connectivity index (χ0n) is 22.5. The molecule has 1 saturated heterocycles. The number of halogens is 5. The molecule has 0 spiro atoms. The average Bonchev–Trinajstić information content (AvgIpc) is 3.22. The summed E-state index contributed by atoms with van der Waals surface area (Å²) in [6, 6.07) is 0. The fraction of sp³-hybridized carbons (Fsp3) is 0.440. The highest BCUT2D eigenvalue weighted by atomic mass is 35.5. The summed E-state index contributed by atoms with van der Waals surface area (Å²) in [4.78, 5) is 14.1. The van der Waals surface area contributed by atoms with Crippen LogP contribution in [0.25, 0.3) is 0 Å². The van der Waals surface area contributed by atoms with Crippen molar-refractivity contribution in [1.29, 1.82) is 0 Å². The van der Waals surface area contributed by atoms with Crippen LogP contribution >= 0.6 is 11.6 Å². The van der Waals surface area contributed by atoms with Crippen molar-refractivity contribution < 1.29 is 30.8 Å². The second kappa shape index (κ2) is 19.2. The molecule has 0 aromatic rings. The van der Waals surface area contributed by atoms with E-state index in [0.29, 0.717) is 24.0 Å². The maximum atomic E-state index is 13.1. The largest absolute Gasteiger partial charge is 0.405 e. The minimum absolute atomic E-state index is 0.0565. The lowest BCUT2D eigenvalue weighted by molar-refractivity contribution is -0.122. The smallest absolute Gasteiger partial charge is 0.275 e. The maximum Gasteiger partial charge on any atom is 0.275 e. The Labute approximate surface area is 228 Å². The summed E-state index contributed by atoms with van der Waals surface area (Å²) in [5, 5.41) is 6.07. The summed E-state index contributed by atoms with van der Waals surface area (Å²) in [6.45, 7) is 12.2. The Hall–Kier alpha value is -2.86. The number of carbonyl (C=O) groups is 1. The zero-order chi connectivity index (χ0) is 30.1. The van der Waals surface area contributed by atoms with Crippen LogP contribution in [0.4, 0.5) is 17.6 Å². The van der Waals surface area contributed by atoms with E-state index in [1.54, 1.807) is 24.1 Å². The second-order valence-corrected chi connectivity index (χ2v) is 9.83. The number of allylic oxidation sites excluding steroid dienone is 6. The summed E-state index contributed by atoms with van der Waals surface area (Å²) >= 11 is 6.03. The summed E-state index contributed by atoms with van der Waals surface area (Å²) in [5.41, 5.74) is 7.26. The molecule has 0 aromatic heterocycles. The van der Waals surface area contributed by atoms with Gasteiger partial charge in [0.2, 0.25) is 6.43 Å². The second-order valence-electron chi connectivity index (χ2n) is 7.23. The number of hydrazone groups is 1. The summed E-state index contributed by atoms with van der Waals surface area (Å²) in [7, 11) is -2.79. The Morgan fingerprint density at radius 3 is 2.24 bits per heavy atom. The molecular formula is C25H37ClF4N4O3S. The highest BCUT2D eigenvalue weighted by Gasteiger charge is 2.32. The Morgan fingerprint density at radius 2 is 1.82 bits per heavy atom. The lowest BCUT2D eigenvalue weighted by Gasteiger charge is -2.27. The summed E-state index contributed by atoms with van der Waals surface area (Å²) in [5.74, 6) is -1.39. The van der Waals surface area contributed by atoms with Crippen molar-refractivity contribution in [1.82, 2.24) is 9.91 Å². The van der Waals surface area contributed by atoms with Gasteiger partial charge in [-0.2, -0.15) is 5.10 Å². The van der Waals surface area contributed by atoms with E-state index in [2.05, 4.69) is 11.7 Å². The molecule has 0 bridgehead atoms. The molecule has 7 nitrogen and oxygen atoms in total. The van der Waals surface area contributed by atoms with E-state index in [-0.39, 0.29) is 35.5 Å². The quantitative estimate of drug-likeness (QED) is 0.323. The molecule has 1 amide bonds. The molecule has 0 aromatic carbocycles. The van der Waals surface area contributed by atoms with Crippen molar-refractivity contribution in [2.75, 3.05) is 31.9 Å². The summed E-state index contributed by atoms with van der Waals surface area (Å²) < 4.78 is 66.8. The molecule has 2 rings (SSSR count). The number of rotatable bonds is 6. The predicted molar refractivity (Wildman–Crippen MR) is 148 cm³/mol. The lowest BCUT2D eigenvalue weighted by atomic mass is 10.0. The number of hydrogen-bond donors (Lipinski definition) is 1. The molecule has 13 heteroatoms. The van der Waals surface area contributed by atoms with Crippen LogP contribution in [0, 0.1) is 0 Å². The van der Waals surface area contributed by atoms with Gasteiger partial charge in [-0.05, 0) is 62.4 Å². The monoisotopic (exact) mass is 584 g/mol. The predicted octanol–water partition coefficient (Wildman–Crippen LogP) is 5.61. The van der Waals surface area contributed by atoms with E-state index in [1.165, 1.54) is 30.2 Å². The fourth-order valence-electron chi connectivity index (χ4n) is 2.87. The number of hydrogen-bond acceptors (Lipinski definition) is 6. The van der Waals surface area contributed by atoms with E-state index in [4.69, 9.17) is 17.3 Å². The first-order valence-corrected chi connectivity index (χ1v) is 13.7. The fourth-order valence-corrected chi connectivity index (χ4v) is 4.50. The van der Waals surface area contributed by atoms with Crippen molar-refractivity contribution in [3.05, 3.63) is 70.9 Å². The van der Waals surface area contributed by atoms with E-state index in [1.807, 2.05) is 13.8 Å². The van der Waals surface area contributed by atoms with Gasteiger partial charge in [0.1, 0.15) is 11.6 Å². The Kier molecular flexibility index (Phi) is 18.9. The van der Waals surface area contributed by atoms with Crippen molar-refractivity contribution in [3.8, 4) is 0 Å². The van der Waals surface area contributed by atoms with Crippen molar-refractivity contribution in [3.63, 3.8) is 0 Å². The standard InChI is InChI=1S/C20H24ClFN4O3S.C2H4F2.C2H6.CH3F/c1-4-18(5-6-23)26-12-16(14(2)9-17(21)10-15(3)22)11-19(24-26)20(27)25-7-8-30(28,29)13-25;1-2(3)4;2*1-2/h4-6,9-11H,2,7-8,12-13,23H2,1,3H3;2H,1H3;1-2H3;1H3/b6-5-,15-10+,17-9+,18-4+;;;. The first-order chi connectivity index (χ1) is 17.8. The van der Waals surface area contributed by atoms with Gasteiger partial charge in [0.25, 0.3) is 5.91 Å². The van der Waals surface area contributed by atoms with Gasteiger partial charge in [0.05, 0.1) is 31.0 Å². The van der Waals surface area contributed by atoms with Crippen LogP contribution in [0.1, 0.15) is 34.6 Å². The highest BCUT2D eigenvalue weighted by molar-refractivity contribution is 7.91. The Bertz CT molecular complexity index is 1080. The molecule has 0 radical (unpaired) electrons. The van der Waals surface area contributed by atoms with E-state index in [9.17, 15) is 30.8 Å². The molecule has 0 unspecified atom stereocenters. The maximum absolute atomic E-state index is 13.1. The molecule has 2 heterocycles. The first-order valence-electron chi connectivity index (χ1n) is 11.5. The first kappa shape index (κ1) is 37.3. The minimum atomic E-state index is -3.29. The normalized spacial score (nSPS) is 17.4. The molecule has 2 aliphatic heterocycles. The number of alkyl halides is 3. The van der Waals surface area contributed by atoms with Crippen LogP contribution in [-0.2, 0) is 14.6 Å². The van der Waals surface area contributed by atoms with Crippen molar-refractivity contribution >= 4 is 33.1 Å². The number of carbonyl (C=O) groups excluding carboxylic acids is 1. The van der Waals surface area contributed by atoms with Crippen LogP contribution in [0.5, 0.6) is 0 Å². The van der Waals surface area contributed by atoms with Gasteiger partial charge in [0, 0.05) is 11.6 Å². The Morgan fingerprint density at radius 1 is 1.26 bits per heavy atom. The van der Waals surface area contributed by atoms with Gasteiger partial charge in [-0.3, -0.25) is 14.2 Å². The highest BCUT2D eigenvalue weighted by Crippen LogP contribution is 2.24. The molecule has 0 saturated carbocycles. The lowest BCUT2D eigenvalue weighted by Crippen LogP contribution is -2.38. The van der Waals surface area contributed by atoms with Crippen LogP contribution in [-0.4, -0.2) is 68.3 Å². The average molecular weight is 585 g/mol. The van der Waals surface area contributed by atoms with Gasteiger partial charge >= 0.3 is 0 Å². The molecule has 216 valence electrons. The zero-order valence-corrected chi connectivity index (χ0v) is 24.1. The summed E-state index contributed by atoms with van der Waals surface area (Å²) in [6.07, 6.45) is 6.73. The van der Waals surface area contributed by atoms with Crippen molar-refractivity contribution in [2.45, 2.75) is 41.0 Å². The van der Waals surface area contributed by atoms with E-state index >= 15 is 0 Å². The topological polar surface area (TPSA) is 96.1 Å². The van der Waals surface area contributed by atoms with Crippen molar-refractivity contribution in [2.24, 2.45) is 10.8 Å². The van der Waals surface area contributed by atoms with E-state index < -0.39 is 28.0 Å². The van der Waals surface area contributed by atoms with Crippen LogP contribution in [0.15, 0.2) is 76.0 Å². The number of nitrogens with two attached hydrogens (primary N) is 1. The third kappa shape index (κ3) is 14.2. The van der Waals surface area contributed by atoms with Crippen LogP contribution in [0.2, 0.25) is 0 Å². The van der Waals surface area contributed by atoms with E-state index in [0.717, 1.165) is 13.0 Å². The molecule has 38 heavy (non-hydrogen) atoms. The number of sulfone groups is 1. The third-order valence-corrected chi connectivity index (χ3v) is 6.04. The van der Waals surface area contributed by atoms with Crippen LogP contribution in [0.3, 0.4) is 0 Å². The third-order valence-electron chi connectivity index (χ3n) is 4.31. The van der Waals surface area contributed by atoms with Gasteiger partial charge in [-0.25, -0.2) is 21.6 Å². The molecule has 0 atom stereocenters. The van der Waals surface area contributed by atoms with Gasteiger partial charge < -0.3 is 10.6 Å². The van der Waals surface area contributed by atoms with Crippen LogP contribution < -0.4 is 5.73 Å². The molecular weight excluding hydrogens is 548 g/mol. The minimum Gasteiger partial charge on any atom is -0.405 e. The molecule has 0 aliphatic carbocycles. The van der Waals surface area contributed by atoms with Gasteiger partial charge in [0.15, 0.2) is 9.84 Å². The molecule has 1 fully saturated rings. The van der Waals surface area contributed by atoms with Gasteiger partial charge in [-0.15, -0.1) is 0 Å². The number of nitrogens with zero attached hydrogens (tertiary/aromatic N) is 3. The Balaban J connectivity index is 0. The SMILES string of the molecule is C=C(/C=C(Cl)\C=C(/C)F)C1=CC(C(=O)N2CCS(=O)(=O)C2)=NN(C(/C=C\N)=C/C)C1.CC.CC(F)F.CF. The number of amides is 1.